The second-order valence-corrected chi connectivity index (χ2v) is 12.1. The molecule has 0 saturated carbocycles. The largest absolute Gasteiger partial charge is 0.545 e. The Balaban J connectivity index is 0.000000543. The molecule has 3 aromatic carbocycles. The predicted octanol–water partition coefficient (Wildman–Crippen LogP) is 2.13. The predicted molar refractivity (Wildman–Crippen MR) is 187 cm³/mol. The van der Waals surface area contributed by atoms with Crippen LogP contribution in [0.25, 0.3) is 0 Å². The molecule has 0 fully saturated rings. The topological polar surface area (TPSA) is 161 Å². The van der Waals surface area contributed by atoms with Crippen LogP contribution in [0.15, 0.2) is 66.7 Å². The minimum absolute atomic E-state index is 0.219. The van der Waals surface area contributed by atoms with Crippen LogP contribution in [-0.2, 0) is 13.0 Å². The van der Waals surface area contributed by atoms with E-state index in [1.54, 1.807) is 18.4 Å². The maximum atomic E-state index is 13.8. The number of unbranched alkanes of at least 4 members (excludes halogenated alkanes) is 4. The molecule has 0 saturated heterocycles. The van der Waals surface area contributed by atoms with Crippen molar-refractivity contribution in [3.05, 3.63) is 100 Å². The maximum Gasteiger partial charge on any atom is 0.132 e. The second kappa shape index (κ2) is 22.7. The number of hydrogen-bond donors (Lipinski definition) is 6. The number of aromatic carboxylic acids is 1. The van der Waals surface area contributed by atoms with Gasteiger partial charge in [-0.1, -0.05) is 69.6 Å². The molecule has 0 amide bonds. The van der Waals surface area contributed by atoms with Crippen LogP contribution in [0.1, 0.15) is 85.0 Å². The number of carbonyl (C=O) groups is 1. The fourth-order valence-corrected chi connectivity index (χ4v) is 5.06. The second-order valence-electron chi connectivity index (χ2n) is 12.1. The van der Waals surface area contributed by atoms with Crippen LogP contribution < -0.4 is 15.3 Å². The van der Waals surface area contributed by atoms with Gasteiger partial charge in [0.2, 0.25) is 0 Å². The summed E-state index contributed by atoms with van der Waals surface area (Å²) in [6.07, 6.45) is 2.45. The zero-order valence-corrected chi connectivity index (χ0v) is 28.9. The number of nitrogens with two attached hydrogens (primary N) is 1. The van der Waals surface area contributed by atoms with E-state index >= 15 is 0 Å². The van der Waals surface area contributed by atoms with Gasteiger partial charge in [-0.15, -0.1) is 0 Å². The minimum atomic E-state index is -1.53. The van der Waals surface area contributed by atoms with E-state index in [-0.39, 0.29) is 6.54 Å². The van der Waals surface area contributed by atoms with Crippen LogP contribution in [0.2, 0.25) is 0 Å². The summed E-state index contributed by atoms with van der Waals surface area (Å²) >= 11 is 0. The van der Waals surface area contributed by atoms with Crippen LogP contribution in [-0.4, -0.2) is 82.7 Å². The van der Waals surface area contributed by atoms with Crippen molar-refractivity contribution in [2.75, 3.05) is 31.6 Å². The minimum Gasteiger partial charge on any atom is -0.545 e. The molecule has 3 aromatic rings. The number of benzene rings is 3. The number of aliphatic hydroxyl groups excluding tert-OH is 5. The molecule has 49 heavy (non-hydrogen) atoms. The molecule has 0 aliphatic heterocycles. The Morgan fingerprint density at radius 2 is 1.39 bits per heavy atom. The Bertz CT molecular complexity index is 1440. The van der Waals surface area contributed by atoms with E-state index in [2.05, 4.69) is 54.9 Å². The summed E-state index contributed by atoms with van der Waals surface area (Å²) in [4.78, 5) is 13.5. The van der Waals surface area contributed by atoms with Crippen molar-refractivity contribution in [3.8, 4) is 11.8 Å². The first-order valence-electron chi connectivity index (χ1n) is 17.1. The van der Waals surface area contributed by atoms with Crippen LogP contribution in [0.5, 0.6) is 0 Å². The number of carbonyl (C=O) groups excluding carboxylic acids is 1. The molecule has 0 aliphatic carbocycles. The Morgan fingerprint density at radius 3 is 1.94 bits per heavy atom. The molecule has 0 bridgehead atoms. The number of carboxylic acid groups (broad SMARTS) is 1. The molecule has 4 atom stereocenters. The van der Waals surface area contributed by atoms with Gasteiger partial charge in [0.05, 0.1) is 19.6 Å². The monoisotopic (exact) mass is 680 g/mol. The summed E-state index contributed by atoms with van der Waals surface area (Å²) < 4.78 is 13.8. The fraction of sp³-hybridized carbons (Fsp3) is 0.462. The molecule has 0 heterocycles. The van der Waals surface area contributed by atoms with E-state index in [0.717, 1.165) is 54.6 Å². The lowest BCUT2D eigenvalue weighted by atomic mass is 10.0. The van der Waals surface area contributed by atoms with Crippen LogP contribution >= 0.6 is 0 Å². The van der Waals surface area contributed by atoms with Crippen molar-refractivity contribution in [1.82, 2.24) is 0 Å². The molecule has 268 valence electrons. The first-order valence-corrected chi connectivity index (χ1v) is 17.1. The van der Waals surface area contributed by atoms with Gasteiger partial charge in [0.15, 0.2) is 0 Å². The van der Waals surface area contributed by atoms with Crippen molar-refractivity contribution in [2.45, 2.75) is 89.8 Å². The molecular weight excluding hydrogens is 627 g/mol. The summed E-state index contributed by atoms with van der Waals surface area (Å²) in [5, 5.41) is 57.9. The number of likely N-dealkylation sites (N-methyl/N-ethyl adjacent to an activating group) is 1. The Labute approximate surface area is 290 Å². The fourth-order valence-electron chi connectivity index (χ4n) is 5.06. The zero-order chi connectivity index (χ0) is 36.2. The number of hydrogen-bond acceptors (Lipinski definition) is 8. The highest BCUT2D eigenvalue weighted by atomic mass is 19.1. The number of nitrogens with zero attached hydrogens (tertiary/aromatic N) is 1. The number of aryl methyl sites for hydroxylation is 1. The number of halogens is 1. The lowest BCUT2D eigenvalue weighted by molar-refractivity contribution is -0.635. The van der Waals surface area contributed by atoms with E-state index in [0.29, 0.717) is 6.54 Å². The molecule has 0 aliphatic rings. The molecule has 0 radical (unpaired) electrons. The van der Waals surface area contributed by atoms with E-state index < -0.39 is 48.4 Å². The number of aliphatic hydroxyl groups is 5. The summed E-state index contributed by atoms with van der Waals surface area (Å²) in [5.74, 6) is 4.22. The SMILES string of the molecule is CCCCCCN(Cc1ccc(F)c(C(=O)[O-])c1)c1ccc(C#Cc2ccc(CCCC)cc2)cc1.C[NH2+]C[C@H](O)[C@@H](O)[C@H](O)[C@H](O)CO. The van der Waals surface area contributed by atoms with Crippen molar-refractivity contribution >= 4 is 11.7 Å². The summed E-state index contributed by atoms with van der Waals surface area (Å²) in [6, 6.07) is 20.8. The van der Waals surface area contributed by atoms with Crippen molar-refractivity contribution in [2.24, 2.45) is 0 Å². The van der Waals surface area contributed by atoms with Gasteiger partial charge in [0.1, 0.15) is 36.8 Å². The van der Waals surface area contributed by atoms with Gasteiger partial charge in [-0.05, 0) is 78.9 Å². The zero-order valence-electron chi connectivity index (χ0n) is 28.9. The van der Waals surface area contributed by atoms with Gasteiger partial charge in [-0.25, -0.2) is 4.39 Å². The average Bonchev–Trinajstić information content (AvgIpc) is 3.11. The molecule has 10 heteroatoms. The molecule has 9 nitrogen and oxygen atoms in total. The van der Waals surface area contributed by atoms with Crippen LogP contribution in [0.3, 0.4) is 0 Å². The number of carboxylic acids is 1. The Morgan fingerprint density at radius 1 is 0.816 bits per heavy atom. The van der Waals surface area contributed by atoms with Gasteiger partial charge >= 0.3 is 0 Å². The highest BCUT2D eigenvalue weighted by Gasteiger charge is 2.30. The Kier molecular flexibility index (Phi) is 19.2. The van der Waals surface area contributed by atoms with Crippen molar-refractivity contribution in [3.63, 3.8) is 0 Å². The molecule has 7 N–H and O–H groups in total. The van der Waals surface area contributed by atoms with Gasteiger partial charge in [-0.2, -0.15) is 0 Å². The van der Waals surface area contributed by atoms with E-state index in [1.165, 1.54) is 37.0 Å². The highest BCUT2D eigenvalue weighted by Crippen LogP contribution is 2.21. The molecule has 0 unspecified atom stereocenters. The summed E-state index contributed by atoms with van der Waals surface area (Å²) in [5.41, 5.74) is 4.63. The number of rotatable bonds is 18. The Hall–Kier alpha value is -3.82. The van der Waals surface area contributed by atoms with E-state index in [4.69, 9.17) is 15.3 Å². The standard InChI is InChI=1S/C32H36FNO2.C7H17NO5/c1-3-5-7-8-22-34(24-28-18-21-31(33)30(23-28)32(35)36)29-19-16-27(17-20-29)15-14-26-12-10-25(11-13-26)9-6-4-2;1-8-2-4(10)6(12)7(13)5(11)3-9/h10-13,16-21,23H,3-9,22,24H2,1-2H3,(H,35,36);4-13H,2-3H2,1H3/t;4-,5+,6+,7+/m.0/s1. The third-order valence-electron chi connectivity index (χ3n) is 8.06. The first kappa shape index (κ1) is 41.4. The number of anilines is 1. The van der Waals surface area contributed by atoms with Gasteiger partial charge < -0.3 is 45.7 Å². The lowest BCUT2D eigenvalue weighted by Gasteiger charge is -2.25. The third-order valence-corrected chi connectivity index (χ3v) is 8.06. The van der Waals surface area contributed by atoms with E-state index in [1.807, 2.05) is 24.3 Å². The first-order chi connectivity index (χ1) is 23.5. The number of quaternary nitrogens is 1. The third kappa shape index (κ3) is 14.7. The van der Waals surface area contributed by atoms with Gasteiger partial charge in [0, 0.05) is 35.5 Å². The maximum absolute atomic E-state index is 13.8. The molecule has 0 spiro atoms. The van der Waals surface area contributed by atoms with E-state index in [9.17, 15) is 24.5 Å². The highest BCUT2D eigenvalue weighted by molar-refractivity contribution is 5.86. The van der Waals surface area contributed by atoms with Gasteiger partial charge in [0.25, 0.3) is 0 Å². The smallest absolute Gasteiger partial charge is 0.132 e. The van der Waals surface area contributed by atoms with Crippen LogP contribution in [0.4, 0.5) is 10.1 Å². The van der Waals surface area contributed by atoms with Gasteiger partial charge in [-0.3, -0.25) is 0 Å². The quantitative estimate of drug-likeness (QED) is 0.0881. The lowest BCUT2D eigenvalue weighted by Crippen LogP contribution is -2.83. The normalized spacial score (nSPS) is 13.2. The molecular formula is C39H53FN2O7. The molecule has 0 aromatic heterocycles. The van der Waals surface area contributed by atoms with Crippen LogP contribution in [0, 0.1) is 17.7 Å². The van der Waals surface area contributed by atoms with Crippen molar-refractivity contribution in [1.29, 1.82) is 0 Å². The molecule has 3 rings (SSSR count). The average molecular weight is 681 g/mol. The summed E-state index contributed by atoms with van der Waals surface area (Å²) in [7, 11) is 1.70. The summed E-state index contributed by atoms with van der Waals surface area (Å²) in [6.45, 7) is 5.26. The van der Waals surface area contributed by atoms with Crippen molar-refractivity contribution < 1.29 is 45.1 Å².